The van der Waals surface area contributed by atoms with Gasteiger partial charge in [-0.25, -0.2) is 4.98 Å². The summed E-state index contributed by atoms with van der Waals surface area (Å²) in [5.41, 5.74) is 0.476. The van der Waals surface area contributed by atoms with Crippen molar-refractivity contribution in [3.8, 4) is 9.88 Å². The fourth-order valence-corrected chi connectivity index (χ4v) is 3.93. The molecule has 1 amide bonds. The molecule has 0 radical (unpaired) electrons. The van der Waals surface area contributed by atoms with Gasteiger partial charge in [0.15, 0.2) is 0 Å². The lowest BCUT2D eigenvalue weighted by Gasteiger charge is -2.29. The van der Waals surface area contributed by atoms with Crippen molar-refractivity contribution < 1.29 is 9.90 Å². The lowest BCUT2D eigenvalue weighted by molar-refractivity contribution is 0.0617. The van der Waals surface area contributed by atoms with E-state index < -0.39 is 0 Å². The van der Waals surface area contributed by atoms with Crippen LogP contribution in [0.1, 0.15) is 37.2 Å². The van der Waals surface area contributed by atoms with Crippen molar-refractivity contribution in [2.45, 2.75) is 32.7 Å². The maximum Gasteiger partial charge on any atom is 0.273 e. The maximum atomic E-state index is 12.6. The van der Waals surface area contributed by atoms with Gasteiger partial charge in [0.05, 0.1) is 11.5 Å². The van der Waals surface area contributed by atoms with Crippen LogP contribution in [-0.4, -0.2) is 40.1 Å². The third-order valence-electron chi connectivity index (χ3n) is 3.44. The zero-order chi connectivity index (χ0) is 15.2. The Bertz CT molecular complexity index is 562. The van der Waals surface area contributed by atoms with Crippen LogP contribution in [0.3, 0.4) is 0 Å². The molecule has 0 fully saturated rings. The molecule has 0 unspecified atom stereocenters. The summed E-state index contributed by atoms with van der Waals surface area (Å²) in [7, 11) is 0. The molecule has 0 aliphatic carbocycles. The number of thiophene rings is 1. The van der Waals surface area contributed by atoms with Crippen molar-refractivity contribution in [2.24, 2.45) is 0 Å². The number of aliphatic hydroxyl groups excluding tert-OH is 1. The fourth-order valence-electron chi connectivity index (χ4n) is 2.32. The van der Waals surface area contributed by atoms with Crippen molar-refractivity contribution in [3.05, 3.63) is 28.6 Å². The van der Waals surface area contributed by atoms with E-state index in [4.69, 9.17) is 0 Å². The second-order valence-corrected chi connectivity index (χ2v) is 6.51. The number of amides is 1. The first-order chi connectivity index (χ1) is 10.2. The van der Waals surface area contributed by atoms with E-state index >= 15 is 0 Å². The van der Waals surface area contributed by atoms with Crippen molar-refractivity contribution in [2.75, 3.05) is 13.2 Å². The number of hydrogen-bond donors (Lipinski definition) is 1. The third kappa shape index (κ3) is 3.70. The number of thiazole rings is 1. The van der Waals surface area contributed by atoms with Gasteiger partial charge in [-0.2, -0.15) is 0 Å². The summed E-state index contributed by atoms with van der Waals surface area (Å²) in [6.07, 6.45) is 1.76. The molecular weight excluding hydrogens is 304 g/mol. The molecule has 0 aromatic carbocycles. The van der Waals surface area contributed by atoms with Gasteiger partial charge in [-0.3, -0.25) is 4.79 Å². The second-order valence-electron chi connectivity index (χ2n) is 4.71. The molecule has 2 rings (SSSR count). The highest BCUT2D eigenvalue weighted by molar-refractivity contribution is 7.20. The molecule has 0 bridgehead atoms. The minimum atomic E-state index is -0.0863. The Labute approximate surface area is 133 Å². The van der Waals surface area contributed by atoms with Gasteiger partial charge >= 0.3 is 0 Å². The predicted octanol–water partition coefficient (Wildman–Crippen LogP) is 3.49. The number of carbonyl (C=O) groups is 1. The van der Waals surface area contributed by atoms with Crippen LogP contribution in [-0.2, 0) is 0 Å². The summed E-state index contributed by atoms with van der Waals surface area (Å²) in [5, 5.41) is 13.9. The summed E-state index contributed by atoms with van der Waals surface area (Å²) >= 11 is 3.11. The number of carbonyl (C=O) groups excluding carboxylic acids is 1. The van der Waals surface area contributed by atoms with Gasteiger partial charge in [-0.05, 0) is 24.3 Å². The summed E-state index contributed by atoms with van der Waals surface area (Å²) in [4.78, 5) is 19.9. The van der Waals surface area contributed by atoms with Crippen LogP contribution in [0.25, 0.3) is 9.88 Å². The first kappa shape index (κ1) is 16.1. The molecule has 0 atom stereocenters. The fraction of sp³-hybridized carbons (Fsp3) is 0.467. The maximum absolute atomic E-state index is 12.6. The monoisotopic (exact) mass is 324 g/mol. The van der Waals surface area contributed by atoms with E-state index in [1.54, 1.807) is 16.2 Å². The lowest BCUT2D eigenvalue weighted by atomic mass is 10.1. The standard InChI is InChI=1S/C15H20N2O2S2/c1-3-11(4-2)17(7-8-18)15(19)12-10-21-14(16-12)13-6-5-9-20-13/h5-6,9-11,18H,3-4,7-8H2,1-2H3. The van der Waals surface area contributed by atoms with Crippen LogP contribution in [0, 0.1) is 0 Å². The molecule has 0 saturated carbocycles. The normalized spacial score (nSPS) is 11.0. The summed E-state index contributed by atoms with van der Waals surface area (Å²) in [6.45, 7) is 4.45. The zero-order valence-electron chi connectivity index (χ0n) is 12.3. The molecule has 0 spiro atoms. The lowest BCUT2D eigenvalue weighted by Crippen LogP contribution is -2.41. The molecule has 21 heavy (non-hydrogen) atoms. The minimum Gasteiger partial charge on any atom is -0.395 e. The average Bonchev–Trinajstić information content (AvgIpc) is 3.17. The molecular formula is C15H20N2O2S2. The Morgan fingerprint density at radius 1 is 1.38 bits per heavy atom. The Morgan fingerprint density at radius 3 is 2.71 bits per heavy atom. The summed E-state index contributed by atoms with van der Waals surface area (Å²) in [6, 6.07) is 4.13. The molecule has 0 aliphatic heterocycles. The highest BCUT2D eigenvalue weighted by Crippen LogP contribution is 2.28. The van der Waals surface area contributed by atoms with E-state index in [2.05, 4.69) is 18.8 Å². The van der Waals surface area contributed by atoms with Gasteiger partial charge in [0.1, 0.15) is 10.7 Å². The Morgan fingerprint density at radius 2 is 2.14 bits per heavy atom. The van der Waals surface area contributed by atoms with E-state index in [0.717, 1.165) is 22.7 Å². The Kier molecular flexibility index (Phi) is 5.90. The zero-order valence-corrected chi connectivity index (χ0v) is 13.9. The quantitative estimate of drug-likeness (QED) is 0.848. The van der Waals surface area contributed by atoms with E-state index in [-0.39, 0.29) is 18.6 Å². The van der Waals surface area contributed by atoms with Crippen LogP contribution in [0.5, 0.6) is 0 Å². The number of hydrogen-bond acceptors (Lipinski definition) is 5. The Hall–Kier alpha value is -1.24. The van der Waals surface area contributed by atoms with Gasteiger partial charge in [0.2, 0.25) is 0 Å². The third-order valence-corrected chi connectivity index (χ3v) is 5.32. The van der Waals surface area contributed by atoms with Gasteiger partial charge in [0, 0.05) is 18.0 Å². The van der Waals surface area contributed by atoms with Gasteiger partial charge in [-0.1, -0.05) is 19.9 Å². The van der Waals surface area contributed by atoms with E-state index in [9.17, 15) is 9.90 Å². The predicted molar refractivity (Wildman–Crippen MR) is 87.9 cm³/mol. The molecule has 2 aromatic heterocycles. The molecule has 114 valence electrons. The van der Waals surface area contributed by atoms with Gasteiger partial charge in [0.25, 0.3) is 5.91 Å². The molecule has 2 heterocycles. The summed E-state index contributed by atoms with van der Waals surface area (Å²) in [5.74, 6) is -0.0863. The van der Waals surface area contributed by atoms with Crippen molar-refractivity contribution in [1.82, 2.24) is 9.88 Å². The first-order valence-corrected chi connectivity index (χ1v) is 8.88. The first-order valence-electron chi connectivity index (χ1n) is 7.12. The van der Waals surface area contributed by atoms with Crippen molar-refractivity contribution in [3.63, 3.8) is 0 Å². The molecule has 2 aromatic rings. The summed E-state index contributed by atoms with van der Waals surface area (Å²) < 4.78 is 0. The van der Waals surface area contributed by atoms with Gasteiger partial charge in [-0.15, -0.1) is 22.7 Å². The highest BCUT2D eigenvalue weighted by Gasteiger charge is 2.24. The molecule has 6 heteroatoms. The van der Waals surface area contributed by atoms with E-state index in [1.807, 2.05) is 22.9 Å². The molecule has 1 N–H and O–H groups in total. The number of nitrogens with zero attached hydrogens (tertiary/aromatic N) is 2. The van der Waals surface area contributed by atoms with Gasteiger partial charge < -0.3 is 10.0 Å². The van der Waals surface area contributed by atoms with Crippen LogP contribution in [0.2, 0.25) is 0 Å². The smallest absolute Gasteiger partial charge is 0.273 e. The van der Waals surface area contributed by atoms with Crippen LogP contribution < -0.4 is 0 Å². The van der Waals surface area contributed by atoms with Crippen LogP contribution >= 0.6 is 22.7 Å². The van der Waals surface area contributed by atoms with E-state index in [0.29, 0.717) is 12.2 Å². The largest absolute Gasteiger partial charge is 0.395 e. The topological polar surface area (TPSA) is 53.4 Å². The molecule has 4 nitrogen and oxygen atoms in total. The van der Waals surface area contributed by atoms with Crippen molar-refractivity contribution >= 4 is 28.6 Å². The van der Waals surface area contributed by atoms with Crippen LogP contribution in [0.4, 0.5) is 0 Å². The minimum absolute atomic E-state index is 0.0237. The number of aliphatic hydroxyl groups is 1. The van der Waals surface area contributed by atoms with Crippen LogP contribution in [0.15, 0.2) is 22.9 Å². The SMILES string of the molecule is CCC(CC)N(CCO)C(=O)c1csc(-c2cccs2)n1. The number of rotatable bonds is 7. The highest BCUT2D eigenvalue weighted by atomic mass is 32.1. The average molecular weight is 324 g/mol. The molecule has 0 aliphatic rings. The Balaban J connectivity index is 2.20. The van der Waals surface area contributed by atoms with Crippen molar-refractivity contribution in [1.29, 1.82) is 0 Å². The molecule has 0 saturated heterocycles. The second kappa shape index (κ2) is 7.68. The van der Waals surface area contributed by atoms with E-state index in [1.165, 1.54) is 11.3 Å². The number of aromatic nitrogens is 1.